The molecule has 5 nitrogen and oxygen atoms in total. The van der Waals surface area contributed by atoms with E-state index in [1.165, 1.54) is 6.08 Å². The van der Waals surface area contributed by atoms with Crippen molar-refractivity contribution in [3.8, 4) is 0 Å². The number of carbonyl (C=O) groups excluding carboxylic acids is 3. The number of rotatable bonds is 1. The van der Waals surface area contributed by atoms with E-state index in [1.807, 2.05) is 42.7 Å². The van der Waals surface area contributed by atoms with Crippen LogP contribution in [0.3, 0.4) is 0 Å². The van der Waals surface area contributed by atoms with Gasteiger partial charge in [-0.25, -0.2) is 4.79 Å². The van der Waals surface area contributed by atoms with Gasteiger partial charge in [-0.05, 0) is 30.9 Å². The summed E-state index contributed by atoms with van der Waals surface area (Å²) in [7, 11) is 0. The molecule has 1 aliphatic heterocycles. The van der Waals surface area contributed by atoms with E-state index in [9.17, 15) is 14.4 Å². The highest BCUT2D eigenvalue weighted by Gasteiger charge is 2.27. The van der Waals surface area contributed by atoms with Crippen molar-refractivity contribution in [3.05, 3.63) is 35.5 Å². The maximum absolute atomic E-state index is 11.5. The molecule has 0 spiro atoms. The Hall–Kier alpha value is -2.17. The number of urea groups is 1. The third-order valence-electron chi connectivity index (χ3n) is 2.52. The third kappa shape index (κ3) is 4.21. The summed E-state index contributed by atoms with van der Waals surface area (Å²) < 4.78 is 0. The molecule has 0 bridgehead atoms. The minimum atomic E-state index is -0.775. The number of amides is 4. The van der Waals surface area contributed by atoms with Gasteiger partial charge < -0.3 is 0 Å². The minimum Gasteiger partial charge on any atom is -0.273 e. The Morgan fingerprint density at radius 3 is 2.32 bits per heavy atom. The minimum absolute atomic E-state index is 0.0394. The first-order chi connectivity index (χ1) is 9.16. The van der Waals surface area contributed by atoms with E-state index in [0.717, 1.165) is 24.8 Å². The van der Waals surface area contributed by atoms with Gasteiger partial charge in [0.2, 0.25) is 0 Å². The Balaban J connectivity index is 0.000000861. The maximum atomic E-state index is 11.5. The van der Waals surface area contributed by atoms with Crippen molar-refractivity contribution in [2.45, 2.75) is 33.1 Å². The van der Waals surface area contributed by atoms with Crippen LogP contribution < -0.4 is 10.6 Å². The standard InChI is InChI=1S/C12H12N2O3.C2H6/c15-10-9(11(16)14-12(17)13-10)7-8-5-3-1-2-4-6-8;1-2/h3,5-7H,1-2,4H2,(H2,13,14,15,16,17);1-2H3. The largest absolute Gasteiger partial charge is 0.328 e. The van der Waals surface area contributed by atoms with Crippen molar-refractivity contribution in [2.75, 3.05) is 0 Å². The average Bonchev–Trinajstić information content (AvgIpc) is 2.64. The zero-order valence-corrected chi connectivity index (χ0v) is 11.2. The van der Waals surface area contributed by atoms with E-state index in [0.29, 0.717) is 0 Å². The lowest BCUT2D eigenvalue weighted by Gasteiger charge is -2.13. The first-order valence-corrected chi connectivity index (χ1v) is 6.42. The molecule has 2 rings (SSSR count). The fourth-order valence-electron chi connectivity index (χ4n) is 1.67. The van der Waals surface area contributed by atoms with Gasteiger partial charge in [0.1, 0.15) is 5.57 Å². The monoisotopic (exact) mass is 262 g/mol. The molecule has 0 aromatic heterocycles. The Morgan fingerprint density at radius 1 is 1.05 bits per heavy atom. The van der Waals surface area contributed by atoms with E-state index >= 15 is 0 Å². The summed E-state index contributed by atoms with van der Waals surface area (Å²) in [6, 6.07) is -0.775. The lowest BCUT2D eigenvalue weighted by molar-refractivity contribution is -0.124. The zero-order valence-electron chi connectivity index (χ0n) is 11.2. The van der Waals surface area contributed by atoms with Crippen LogP contribution in [0.15, 0.2) is 35.5 Å². The number of allylic oxidation sites excluding steroid dienone is 5. The molecular formula is C14H18N2O3. The summed E-state index contributed by atoms with van der Waals surface area (Å²) in [5, 5.41) is 4.07. The van der Waals surface area contributed by atoms with E-state index in [-0.39, 0.29) is 5.57 Å². The second-order valence-electron chi connectivity index (χ2n) is 3.83. The van der Waals surface area contributed by atoms with Gasteiger partial charge >= 0.3 is 6.03 Å². The molecule has 1 heterocycles. The lowest BCUT2D eigenvalue weighted by Crippen LogP contribution is -2.51. The number of carbonyl (C=O) groups is 3. The van der Waals surface area contributed by atoms with Crippen LogP contribution in [-0.2, 0) is 9.59 Å². The summed E-state index contributed by atoms with van der Waals surface area (Å²) in [6.45, 7) is 4.00. The molecule has 0 radical (unpaired) electrons. The van der Waals surface area contributed by atoms with Gasteiger partial charge in [-0.3, -0.25) is 20.2 Å². The molecule has 0 unspecified atom stereocenters. The van der Waals surface area contributed by atoms with Gasteiger partial charge in [0.05, 0.1) is 0 Å². The fraction of sp³-hybridized carbons (Fsp3) is 0.357. The molecule has 5 heteroatoms. The van der Waals surface area contributed by atoms with E-state index in [2.05, 4.69) is 0 Å². The van der Waals surface area contributed by atoms with Crippen LogP contribution in [0.4, 0.5) is 4.79 Å². The van der Waals surface area contributed by atoms with Crippen molar-refractivity contribution in [1.82, 2.24) is 10.6 Å². The van der Waals surface area contributed by atoms with Gasteiger partial charge in [-0.15, -0.1) is 0 Å². The van der Waals surface area contributed by atoms with Gasteiger partial charge in [0.25, 0.3) is 11.8 Å². The second kappa shape index (κ2) is 7.31. The summed E-state index contributed by atoms with van der Waals surface area (Å²) in [5.74, 6) is -1.31. The molecule has 1 fully saturated rings. The number of hydrogen-bond donors (Lipinski definition) is 2. The van der Waals surface area contributed by atoms with Gasteiger partial charge in [-0.2, -0.15) is 0 Å². The maximum Gasteiger partial charge on any atom is 0.328 e. The number of barbiturate groups is 1. The SMILES string of the molecule is CC.O=C1NC(=O)C(=CC2=CCCCC=C2)C(=O)N1. The molecule has 0 aromatic rings. The highest BCUT2D eigenvalue weighted by atomic mass is 16.2. The Bertz CT molecular complexity index is 451. The van der Waals surface area contributed by atoms with Crippen LogP contribution in [0.5, 0.6) is 0 Å². The predicted octanol–water partition coefficient (Wildman–Crippen LogP) is 1.97. The molecule has 0 saturated carbocycles. The molecule has 0 aromatic carbocycles. The first kappa shape index (κ1) is 14.9. The quantitative estimate of drug-likeness (QED) is 0.560. The van der Waals surface area contributed by atoms with E-state index in [4.69, 9.17) is 0 Å². The van der Waals surface area contributed by atoms with Gasteiger partial charge in [-0.1, -0.05) is 32.1 Å². The smallest absolute Gasteiger partial charge is 0.273 e. The lowest BCUT2D eigenvalue weighted by atomic mass is 10.1. The Labute approximate surface area is 112 Å². The number of nitrogens with one attached hydrogen (secondary N) is 2. The molecule has 19 heavy (non-hydrogen) atoms. The zero-order chi connectivity index (χ0) is 14.3. The normalized spacial score (nSPS) is 18.5. The fourth-order valence-corrected chi connectivity index (χ4v) is 1.67. The summed E-state index contributed by atoms with van der Waals surface area (Å²) >= 11 is 0. The van der Waals surface area contributed by atoms with Crippen LogP contribution in [0.1, 0.15) is 33.1 Å². The van der Waals surface area contributed by atoms with Crippen molar-refractivity contribution < 1.29 is 14.4 Å². The highest BCUT2D eigenvalue weighted by molar-refractivity contribution is 6.29. The topological polar surface area (TPSA) is 75.3 Å². The van der Waals surface area contributed by atoms with E-state index < -0.39 is 17.8 Å². The summed E-state index contributed by atoms with van der Waals surface area (Å²) in [6.07, 6.45) is 10.3. The molecule has 0 atom stereocenters. The molecule has 102 valence electrons. The van der Waals surface area contributed by atoms with Crippen molar-refractivity contribution in [2.24, 2.45) is 0 Å². The van der Waals surface area contributed by atoms with Gasteiger partial charge in [0.15, 0.2) is 0 Å². The van der Waals surface area contributed by atoms with Gasteiger partial charge in [0, 0.05) is 0 Å². The predicted molar refractivity (Wildman–Crippen MR) is 72.2 cm³/mol. The second-order valence-corrected chi connectivity index (χ2v) is 3.83. The summed E-state index contributed by atoms with van der Waals surface area (Å²) in [4.78, 5) is 33.8. The third-order valence-corrected chi connectivity index (χ3v) is 2.52. The number of hydrogen-bond acceptors (Lipinski definition) is 3. The Morgan fingerprint density at radius 2 is 1.68 bits per heavy atom. The van der Waals surface area contributed by atoms with Crippen molar-refractivity contribution in [3.63, 3.8) is 0 Å². The molecular weight excluding hydrogens is 244 g/mol. The van der Waals surface area contributed by atoms with Crippen LogP contribution in [0.2, 0.25) is 0 Å². The van der Waals surface area contributed by atoms with Crippen LogP contribution >= 0.6 is 0 Å². The van der Waals surface area contributed by atoms with Crippen LogP contribution in [0, 0.1) is 0 Å². The molecule has 1 saturated heterocycles. The van der Waals surface area contributed by atoms with Crippen LogP contribution in [0.25, 0.3) is 0 Å². The molecule has 1 aliphatic carbocycles. The van der Waals surface area contributed by atoms with E-state index in [1.54, 1.807) is 0 Å². The van der Waals surface area contributed by atoms with Crippen LogP contribution in [-0.4, -0.2) is 17.8 Å². The molecule has 4 amide bonds. The Kier molecular flexibility index (Phi) is 5.73. The average molecular weight is 262 g/mol. The number of imide groups is 2. The summed E-state index contributed by atoms with van der Waals surface area (Å²) in [5.41, 5.74) is 0.777. The first-order valence-electron chi connectivity index (χ1n) is 6.42. The molecule has 2 N–H and O–H groups in total. The van der Waals surface area contributed by atoms with Crippen molar-refractivity contribution >= 4 is 17.8 Å². The van der Waals surface area contributed by atoms with Crippen molar-refractivity contribution in [1.29, 1.82) is 0 Å². The highest BCUT2D eigenvalue weighted by Crippen LogP contribution is 2.14. The molecule has 2 aliphatic rings.